The zero-order valence-electron chi connectivity index (χ0n) is 10.2. The van der Waals surface area contributed by atoms with Gasteiger partial charge >= 0.3 is 11.9 Å². The monoisotopic (exact) mass is 267 g/mol. The molecule has 1 rings (SSSR count). The molecule has 0 aromatic heterocycles. The molecule has 1 atom stereocenters. The first-order valence-electron chi connectivity index (χ1n) is 5.50. The van der Waals surface area contributed by atoms with E-state index >= 15 is 0 Å². The van der Waals surface area contributed by atoms with Crippen LogP contribution in [0, 0.1) is 16.0 Å². The molecule has 0 fully saturated rings. The molecule has 0 saturated carbocycles. The normalized spacial score (nSPS) is 11.6. The number of aryl methyl sites for hydroxylation is 1. The molecule has 7 heteroatoms. The summed E-state index contributed by atoms with van der Waals surface area (Å²) in [6.45, 7) is 0. The number of nitrogens with zero attached hydrogens (tertiary/aromatic N) is 1. The number of nitro benzene ring substituents is 1. The third-order valence-electron chi connectivity index (χ3n) is 2.67. The summed E-state index contributed by atoms with van der Waals surface area (Å²) in [6, 6.07) is 6.02. The van der Waals surface area contributed by atoms with Crippen LogP contribution >= 0.6 is 0 Å². The second kappa shape index (κ2) is 6.48. The molecule has 0 amide bonds. The van der Waals surface area contributed by atoms with Gasteiger partial charge in [0, 0.05) is 11.6 Å². The first kappa shape index (κ1) is 14.6. The fourth-order valence-corrected chi connectivity index (χ4v) is 1.68. The van der Waals surface area contributed by atoms with Crippen molar-refractivity contribution in [3.05, 3.63) is 39.9 Å². The van der Waals surface area contributed by atoms with Gasteiger partial charge in [-0.1, -0.05) is 18.2 Å². The van der Waals surface area contributed by atoms with Crippen molar-refractivity contribution in [3.63, 3.8) is 0 Å². The summed E-state index contributed by atoms with van der Waals surface area (Å²) >= 11 is 0. The summed E-state index contributed by atoms with van der Waals surface area (Å²) in [5, 5.41) is 19.7. The lowest BCUT2D eigenvalue weighted by Gasteiger charge is -2.09. The van der Waals surface area contributed by atoms with Crippen LogP contribution in [0.2, 0.25) is 0 Å². The minimum atomic E-state index is -1.31. The highest BCUT2D eigenvalue weighted by Crippen LogP contribution is 2.21. The van der Waals surface area contributed by atoms with Gasteiger partial charge in [0.05, 0.1) is 12.0 Å². The first-order valence-corrected chi connectivity index (χ1v) is 5.50. The highest BCUT2D eigenvalue weighted by Gasteiger charge is 2.27. The van der Waals surface area contributed by atoms with Gasteiger partial charge in [-0.3, -0.25) is 19.7 Å². The van der Waals surface area contributed by atoms with Crippen LogP contribution in [-0.4, -0.2) is 29.1 Å². The Bertz CT molecular complexity index is 499. The number of esters is 1. The number of ether oxygens (including phenoxy) is 1. The van der Waals surface area contributed by atoms with Crippen molar-refractivity contribution in [3.8, 4) is 0 Å². The van der Waals surface area contributed by atoms with E-state index in [0.717, 1.165) is 7.11 Å². The standard InChI is InChI=1S/C12H13NO6/c1-19-12(16)9(11(14)15)7-6-8-4-2-3-5-10(8)13(17)18/h2-5,9H,6-7H2,1H3,(H,14,15). The average Bonchev–Trinajstić information content (AvgIpc) is 2.38. The van der Waals surface area contributed by atoms with Crippen LogP contribution in [0.25, 0.3) is 0 Å². The van der Waals surface area contributed by atoms with E-state index in [2.05, 4.69) is 4.74 Å². The number of nitro groups is 1. The van der Waals surface area contributed by atoms with Crippen LogP contribution in [0.1, 0.15) is 12.0 Å². The molecule has 0 aliphatic carbocycles. The number of rotatable bonds is 6. The quantitative estimate of drug-likeness (QED) is 0.361. The van der Waals surface area contributed by atoms with E-state index in [0.29, 0.717) is 5.56 Å². The molecule has 1 N–H and O–H groups in total. The Balaban J connectivity index is 2.83. The number of carbonyl (C=O) groups excluding carboxylic acids is 1. The Kier molecular flexibility index (Phi) is 4.99. The maximum absolute atomic E-state index is 11.3. The van der Waals surface area contributed by atoms with Crippen LogP contribution in [0.4, 0.5) is 5.69 Å². The number of hydrogen-bond acceptors (Lipinski definition) is 5. The molecule has 0 radical (unpaired) electrons. The topological polar surface area (TPSA) is 107 Å². The lowest BCUT2D eigenvalue weighted by Crippen LogP contribution is -2.25. The highest BCUT2D eigenvalue weighted by molar-refractivity contribution is 5.93. The van der Waals surface area contributed by atoms with Gasteiger partial charge in [-0.15, -0.1) is 0 Å². The number of benzene rings is 1. The van der Waals surface area contributed by atoms with Gasteiger partial charge in [0.2, 0.25) is 0 Å². The molecule has 0 spiro atoms. The Morgan fingerprint density at radius 3 is 2.58 bits per heavy atom. The van der Waals surface area contributed by atoms with E-state index in [-0.39, 0.29) is 18.5 Å². The van der Waals surface area contributed by atoms with Crippen molar-refractivity contribution in [2.75, 3.05) is 7.11 Å². The molecule has 1 aromatic carbocycles. The number of carbonyl (C=O) groups is 2. The van der Waals surface area contributed by atoms with Gasteiger partial charge in [-0.05, 0) is 12.8 Å². The summed E-state index contributed by atoms with van der Waals surface area (Å²) in [6.07, 6.45) is 0.0656. The van der Waals surface area contributed by atoms with Crippen LogP contribution in [0.5, 0.6) is 0 Å². The Hall–Kier alpha value is -2.44. The molecule has 0 aliphatic rings. The van der Waals surface area contributed by atoms with Gasteiger partial charge in [-0.25, -0.2) is 0 Å². The lowest BCUT2D eigenvalue weighted by atomic mass is 9.98. The van der Waals surface area contributed by atoms with Gasteiger partial charge in [0.1, 0.15) is 0 Å². The van der Waals surface area contributed by atoms with Gasteiger partial charge in [0.15, 0.2) is 5.92 Å². The van der Waals surface area contributed by atoms with Gasteiger partial charge in [-0.2, -0.15) is 0 Å². The Morgan fingerprint density at radius 2 is 2.05 bits per heavy atom. The maximum atomic E-state index is 11.3. The van der Waals surface area contributed by atoms with Crippen LogP contribution in [0.15, 0.2) is 24.3 Å². The highest BCUT2D eigenvalue weighted by atomic mass is 16.6. The third kappa shape index (κ3) is 3.77. The van der Waals surface area contributed by atoms with Crippen molar-refractivity contribution < 1.29 is 24.4 Å². The van der Waals surface area contributed by atoms with E-state index in [1.807, 2.05) is 0 Å². The maximum Gasteiger partial charge on any atom is 0.320 e. The molecular weight excluding hydrogens is 254 g/mol. The first-order chi connectivity index (χ1) is 8.97. The molecule has 0 bridgehead atoms. The van der Waals surface area contributed by atoms with Crippen molar-refractivity contribution in [1.82, 2.24) is 0 Å². The number of hydrogen-bond donors (Lipinski definition) is 1. The Labute approximate surface area is 109 Å². The summed E-state index contributed by atoms with van der Waals surface area (Å²) in [4.78, 5) is 32.4. The number of carboxylic acids is 1. The zero-order chi connectivity index (χ0) is 14.4. The zero-order valence-corrected chi connectivity index (χ0v) is 10.2. The molecule has 0 aliphatic heterocycles. The molecule has 1 aromatic rings. The van der Waals surface area contributed by atoms with E-state index < -0.39 is 22.8 Å². The van der Waals surface area contributed by atoms with E-state index in [1.165, 1.54) is 18.2 Å². The smallest absolute Gasteiger partial charge is 0.320 e. The number of para-hydroxylation sites is 1. The summed E-state index contributed by atoms with van der Waals surface area (Å²) < 4.78 is 4.39. The summed E-state index contributed by atoms with van der Waals surface area (Å²) in [5.41, 5.74) is 0.305. The fraction of sp³-hybridized carbons (Fsp3) is 0.333. The molecule has 19 heavy (non-hydrogen) atoms. The van der Waals surface area contributed by atoms with Crippen molar-refractivity contribution >= 4 is 17.6 Å². The predicted octanol–water partition coefficient (Wildman–Crippen LogP) is 1.40. The molecule has 1 unspecified atom stereocenters. The fourth-order valence-electron chi connectivity index (χ4n) is 1.68. The largest absolute Gasteiger partial charge is 0.481 e. The van der Waals surface area contributed by atoms with E-state index in [1.54, 1.807) is 6.07 Å². The van der Waals surface area contributed by atoms with Crippen molar-refractivity contribution in [2.24, 2.45) is 5.92 Å². The lowest BCUT2D eigenvalue weighted by molar-refractivity contribution is -0.385. The number of methoxy groups -OCH3 is 1. The predicted molar refractivity (Wildman–Crippen MR) is 64.6 cm³/mol. The molecule has 102 valence electrons. The average molecular weight is 267 g/mol. The summed E-state index contributed by atoms with van der Waals surface area (Å²) in [7, 11) is 1.10. The minimum absolute atomic E-state index is 0.0488. The number of carboxylic acid groups (broad SMARTS) is 1. The summed E-state index contributed by atoms with van der Waals surface area (Å²) in [5.74, 6) is -3.47. The third-order valence-corrected chi connectivity index (χ3v) is 2.67. The van der Waals surface area contributed by atoms with E-state index in [4.69, 9.17) is 5.11 Å². The molecule has 7 nitrogen and oxygen atoms in total. The van der Waals surface area contributed by atoms with E-state index in [9.17, 15) is 19.7 Å². The second-order valence-corrected chi connectivity index (χ2v) is 3.84. The van der Waals surface area contributed by atoms with Gasteiger partial charge < -0.3 is 9.84 Å². The van der Waals surface area contributed by atoms with Crippen LogP contribution in [0.3, 0.4) is 0 Å². The van der Waals surface area contributed by atoms with Crippen LogP contribution < -0.4 is 0 Å². The van der Waals surface area contributed by atoms with Crippen molar-refractivity contribution in [2.45, 2.75) is 12.8 Å². The minimum Gasteiger partial charge on any atom is -0.481 e. The van der Waals surface area contributed by atoms with Gasteiger partial charge in [0.25, 0.3) is 5.69 Å². The molecule has 0 heterocycles. The SMILES string of the molecule is COC(=O)C(CCc1ccccc1[N+](=O)[O-])C(=O)O. The molecular formula is C12H13NO6. The molecule has 0 saturated heterocycles. The van der Waals surface area contributed by atoms with Crippen LogP contribution in [-0.2, 0) is 20.7 Å². The second-order valence-electron chi connectivity index (χ2n) is 3.84. The van der Waals surface area contributed by atoms with Crippen molar-refractivity contribution in [1.29, 1.82) is 0 Å². The Morgan fingerprint density at radius 1 is 1.42 bits per heavy atom. The number of aliphatic carboxylic acids is 1.